The molecule has 1 aromatic rings. The van der Waals surface area contributed by atoms with Crippen LogP contribution in [0.4, 0.5) is 0 Å². The van der Waals surface area contributed by atoms with Gasteiger partial charge in [0.15, 0.2) is 0 Å². The summed E-state index contributed by atoms with van der Waals surface area (Å²) in [6.07, 6.45) is 4.09. The van der Waals surface area contributed by atoms with Gasteiger partial charge in [-0.2, -0.15) is 0 Å². The number of benzene rings is 1. The molecule has 0 aromatic heterocycles. The summed E-state index contributed by atoms with van der Waals surface area (Å²) in [5.41, 5.74) is 3.18. The second-order valence-electron chi connectivity index (χ2n) is 4.69. The summed E-state index contributed by atoms with van der Waals surface area (Å²) >= 11 is 0. The van der Waals surface area contributed by atoms with Crippen LogP contribution in [0.3, 0.4) is 0 Å². The topological polar surface area (TPSA) is 49.4 Å². The minimum absolute atomic E-state index is 0.0109. The molecule has 0 atom stereocenters. The molecule has 4 nitrogen and oxygen atoms in total. The first-order chi connectivity index (χ1) is 8.68. The number of carbonyl (C=O) groups is 2. The first-order valence-electron chi connectivity index (χ1n) is 6.32. The normalized spacial score (nSPS) is 15.4. The molecule has 0 saturated heterocycles. The van der Waals surface area contributed by atoms with E-state index in [2.05, 4.69) is 5.43 Å². The van der Waals surface area contributed by atoms with Crippen LogP contribution in [-0.2, 0) is 4.79 Å². The van der Waals surface area contributed by atoms with Crippen molar-refractivity contribution in [1.29, 1.82) is 0 Å². The molecule has 0 spiro atoms. The van der Waals surface area contributed by atoms with Crippen molar-refractivity contribution in [3.05, 3.63) is 35.9 Å². The molecule has 2 rings (SSSR count). The fourth-order valence-electron chi connectivity index (χ4n) is 2.31. The molecule has 1 aliphatic carbocycles. The van der Waals surface area contributed by atoms with E-state index in [0.29, 0.717) is 5.56 Å². The summed E-state index contributed by atoms with van der Waals surface area (Å²) in [4.78, 5) is 23.9. The van der Waals surface area contributed by atoms with Crippen LogP contribution in [0.2, 0.25) is 0 Å². The van der Waals surface area contributed by atoms with Crippen LogP contribution in [0.1, 0.15) is 36.0 Å². The van der Waals surface area contributed by atoms with E-state index in [0.717, 1.165) is 25.7 Å². The largest absolute Gasteiger partial charge is 0.273 e. The van der Waals surface area contributed by atoms with Crippen molar-refractivity contribution in [2.24, 2.45) is 5.92 Å². The standard InChI is InChI=1S/C14H18N2O2/c1-16(14(18)12-9-5-6-10-12)15-13(17)11-7-3-2-4-8-11/h2-4,7-8,12H,5-6,9-10H2,1H3,(H,15,17). The zero-order valence-electron chi connectivity index (χ0n) is 10.6. The van der Waals surface area contributed by atoms with E-state index in [4.69, 9.17) is 0 Å². The van der Waals surface area contributed by atoms with Crippen LogP contribution in [0.5, 0.6) is 0 Å². The highest BCUT2D eigenvalue weighted by Gasteiger charge is 2.26. The molecule has 0 unspecified atom stereocenters. The van der Waals surface area contributed by atoms with Gasteiger partial charge >= 0.3 is 0 Å². The van der Waals surface area contributed by atoms with Crippen molar-refractivity contribution >= 4 is 11.8 Å². The Hall–Kier alpha value is -1.84. The molecule has 1 aromatic carbocycles. The molecular formula is C14H18N2O2. The number of nitrogens with one attached hydrogen (secondary N) is 1. The van der Waals surface area contributed by atoms with Gasteiger partial charge < -0.3 is 0 Å². The molecular weight excluding hydrogens is 228 g/mol. The maximum atomic E-state index is 12.0. The molecule has 1 fully saturated rings. The van der Waals surface area contributed by atoms with Gasteiger partial charge in [0.05, 0.1) is 0 Å². The molecule has 0 aliphatic heterocycles. The Labute approximate surface area is 107 Å². The van der Waals surface area contributed by atoms with Gasteiger partial charge in [0.1, 0.15) is 0 Å². The molecule has 1 saturated carbocycles. The van der Waals surface area contributed by atoms with Crippen LogP contribution in [0, 0.1) is 5.92 Å². The summed E-state index contributed by atoms with van der Waals surface area (Å²) in [7, 11) is 1.61. The van der Waals surface area contributed by atoms with Crippen molar-refractivity contribution in [1.82, 2.24) is 10.4 Å². The molecule has 96 valence electrons. The molecule has 18 heavy (non-hydrogen) atoms. The highest BCUT2D eigenvalue weighted by atomic mass is 16.2. The molecule has 4 heteroatoms. The number of amides is 2. The van der Waals surface area contributed by atoms with Gasteiger partial charge in [-0.3, -0.25) is 20.0 Å². The van der Waals surface area contributed by atoms with E-state index in [1.165, 1.54) is 5.01 Å². The van der Waals surface area contributed by atoms with Crippen molar-refractivity contribution in [3.63, 3.8) is 0 Å². The molecule has 2 amide bonds. The Kier molecular flexibility index (Phi) is 3.97. The minimum Gasteiger partial charge on any atom is -0.273 e. The molecule has 1 N–H and O–H groups in total. The van der Waals surface area contributed by atoms with E-state index in [1.807, 2.05) is 6.07 Å². The summed E-state index contributed by atoms with van der Waals surface area (Å²) in [5, 5.41) is 1.32. The third-order valence-electron chi connectivity index (χ3n) is 3.34. The van der Waals surface area contributed by atoms with E-state index < -0.39 is 0 Å². The van der Waals surface area contributed by atoms with Crippen LogP contribution in [0.25, 0.3) is 0 Å². The Morgan fingerprint density at radius 2 is 1.78 bits per heavy atom. The average molecular weight is 246 g/mol. The summed E-state index contributed by atoms with van der Waals surface area (Å²) < 4.78 is 0. The van der Waals surface area contributed by atoms with Gasteiger partial charge in [-0.15, -0.1) is 0 Å². The summed E-state index contributed by atoms with van der Waals surface area (Å²) in [6, 6.07) is 8.90. The average Bonchev–Trinajstić information content (AvgIpc) is 2.92. The van der Waals surface area contributed by atoms with Gasteiger partial charge in [0.25, 0.3) is 5.91 Å². The second kappa shape index (κ2) is 5.67. The van der Waals surface area contributed by atoms with Crippen LogP contribution in [0.15, 0.2) is 30.3 Å². The number of hydrazine groups is 1. The molecule has 0 radical (unpaired) electrons. The molecule has 0 heterocycles. The second-order valence-corrected chi connectivity index (χ2v) is 4.69. The SMILES string of the molecule is CN(NC(=O)c1ccccc1)C(=O)C1CCCC1. The fraction of sp³-hybridized carbons (Fsp3) is 0.429. The van der Waals surface area contributed by atoms with Crippen LogP contribution < -0.4 is 5.43 Å². The lowest BCUT2D eigenvalue weighted by Gasteiger charge is -2.21. The Morgan fingerprint density at radius 1 is 1.17 bits per heavy atom. The van der Waals surface area contributed by atoms with E-state index in [1.54, 1.807) is 31.3 Å². The predicted octanol–water partition coefficient (Wildman–Crippen LogP) is 1.98. The maximum absolute atomic E-state index is 12.0. The Balaban J connectivity index is 1.92. The van der Waals surface area contributed by atoms with E-state index in [-0.39, 0.29) is 17.7 Å². The maximum Gasteiger partial charge on any atom is 0.269 e. The Morgan fingerprint density at radius 3 is 2.39 bits per heavy atom. The number of carbonyl (C=O) groups excluding carboxylic acids is 2. The quantitative estimate of drug-likeness (QED) is 0.811. The monoisotopic (exact) mass is 246 g/mol. The number of nitrogens with zero attached hydrogens (tertiary/aromatic N) is 1. The van der Waals surface area contributed by atoms with Gasteiger partial charge in [-0.05, 0) is 25.0 Å². The van der Waals surface area contributed by atoms with Crippen molar-refractivity contribution in [2.75, 3.05) is 7.05 Å². The van der Waals surface area contributed by atoms with Crippen LogP contribution >= 0.6 is 0 Å². The third-order valence-corrected chi connectivity index (χ3v) is 3.34. The highest BCUT2D eigenvalue weighted by Crippen LogP contribution is 2.25. The third kappa shape index (κ3) is 2.88. The summed E-state index contributed by atoms with van der Waals surface area (Å²) in [6.45, 7) is 0. The van der Waals surface area contributed by atoms with E-state index in [9.17, 15) is 9.59 Å². The highest BCUT2D eigenvalue weighted by molar-refractivity contribution is 5.95. The lowest BCUT2D eigenvalue weighted by Crippen LogP contribution is -2.45. The smallest absolute Gasteiger partial charge is 0.269 e. The number of hydrogen-bond donors (Lipinski definition) is 1. The number of rotatable bonds is 2. The predicted molar refractivity (Wildman–Crippen MR) is 68.6 cm³/mol. The van der Waals surface area contributed by atoms with Gasteiger partial charge in [0, 0.05) is 18.5 Å². The summed E-state index contributed by atoms with van der Waals surface area (Å²) in [5.74, 6) is -0.160. The number of hydrogen-bond acceptors (Lipinski definition) is 2. The van der Waals surface area contributed by atoms with Crippen molar-refractivity contribution < 1.29 is 9.59 Å². The first-order valence-corrected chi connectivity index (χ1v) is 6.32. The van der Waals surface area contributed by atoms with Crippen LogP contribution in [-0.4, -0.2) is 23.9 Å². The van der Waals surface area contributed by atoms with Gasteiger partial charge in [-0.1, -0.05) is 31.0 Å². The van der Waals surface area contributed by atoms with E-state index >= 15 is 0 Å². The zero-order chi connectivity index (χ0) is 13.0. The molecule has 0 bridgehead atoms. The van der Waals surface area contributed by atoms with Gasteiger partial charge in [-0.25, -0.2) is 0 Å². The molecule has 1 aliphatic rings. The zero-order valence-corrected chi connectivity index (χ0v) is 10.6. The Bertz CT molecular complexity index is 425. The van der Waals surface area contributed by atoms with Crippen molar-refractivity contribution in [2.45, 2.75) is 25.7 Å². The van der Waals surface area contributed by atoms with Crippen molar-refractivity contribution in [3.8, 4) is 0 Å². The lowest BCUT2D eigenvalue weighted by atomic mass is 10.1. The fourth-order valence-corrected chi connectivity index (χ4v) is 2.31. The first kappa shape index (κ1) is 12.6. The van der Waals surface area contributed by atoms with Gasteiger partial charge in [0.2, 0.25) is 5.91 Å². The minimum atomic E-state index is -0.246. The lowest BCUT2D eigenvalue weighted by molar-refractivity contribution is -0.136.